The monoisotopic (exact) mass is 368 g/mol. The average Bonchev–Trinajstić information content (AvgIpc) is 2.99. The van der Waals surface area contributed by atoms with E-state index >= 15 is 0 Å². The van der Waals surface area contributed by atoms with Crippen molar-refractivity contribution in [1.82, 2.24) is 0 Å². The highest BCUT2D eigenvalue weighted by molar-refractivity contribution is 7.68. The number of hydrogen-bond donors (Lipinski definition) is 1. The predicted octanol–water partition coefficient (Wildman–Crippen LogP) is 5.69. The molecule has 0 amide bonds. The van der Waals surface area contributed by atoms with Crippen molar-refractivity contribution >= 4 is 32.1 Å². The minimum Gasteiger partial charge on any atom is -0.497 e. The second-order valence-electron chi connectivity index (χ2n) is 6.79. The van der Waals surface area contributed by atoms with Crippen molar-refractivity contribution < 1.29 is 4.74 Å². The molecule has 4 rings (SSSR count). The number of nitrogens with zero attached hydrogens (tertiary/aromatic N) is 1. The Balaban J connectivity index is 1.98. The molecule has 0 fully saturated rings. The van der Waals surface area contributed by atoms with Crippen molar-refractivity contribution in [1.29, 1.82) is 0 Å². The summed E-state index contributed by atoms with van der Waals surface area (Å²) >= 11 is 0. The number of fused-ring (bicyclic) bond motifs is 3. The van der Waals surface area contributed by atoms with E-state index in [0.717, 1.165) is 27.4 Å². The molecule has 0 aliphatic carbocycles. The van der Waals surface area contributed by atoms with Gasteiger partial charge in [-0.1, -0.05) is 32.8 Å². The summed E-state index contributed by atoms with van der Waals surface area (Å²) in [5.74, 6) is 0.865. The number of ether oxygens (including phenoxy) is 1. The van der Waals surface area contributed by atoms with Crippen LogP contribution >= 0.6 is 20.7 Å². The lowest BCUT2D eigenvalue weighted by molar-refractivity contribution is 0.415. The molecule has 2 aromatic carbocycles. The van der Waals surface area contributed by atoms with Crippen LogP contribution in [0.15, 0.2) is 47.5 Å². The molecular weight excluding hydrogens is 348 g/mol. The summed E-state index contributed by atoms with van der Waals surface area (Å²) in [6, 6.07) is 14.5. The van der Waals surface area contributed by atoms with Gasteiger partial charge in [0.05, 0.1) is 23.2 Å². The third kappa shape index (κ3) is 2.87. The van der Waals surface area contributed by atoms with E-state index in [1.54, 1.807) is 27.8 Å². The van der Waals surface area contributed by atoms with Crippen molar-refractivity contribution in [3.05, 3.63) is 57.6 Å². The standard InChI is InChI=1S/C20H20N2OS2/c1-12-6-5-7-13(10-12)21-19-17-15-11-14(23-4)8-9-16(15)22-20(2,3)18(17)24-25-19/h5-11,22H,1-4H3. The van der Waals surface area contributed by atoms with Crippen LogP contribution < -0.4 is 14.7 Å². The van der Waals surface area contributed by atoms with Crippen molar-refractivity contribution in [2.45, 2.75) is 26.3 Å². The lowest BCUT2D eigenvalue weighted by Gasteiger charge is -2.33. The van der Waals surface area contributed by atoms with Gasteiger partial charge in [-0.2, -0.15) is 0 Å². The third-order valence-electron chi connectivity index (χ3n) is 4.39. The van der Waals surface area contributed by atoms with E-state index < -0.39 is 0 Å². The van der Waals surface area contributed by atoms with Gasteiger partial charge in [0.2, 0.25) is 0 Å². The maximum absolute atomic E-state index is 5.45. The van der Waals surface area contributed by atoms with Crippen LogP contribution in [0.25, 0.3) is 11.1 Å². The van der Waals surface area contributed by atoms with Gasteiger partial charge in [0.1, 0.15) is 10.4 Å². The van der Waals surface area contributed by atoms with E-state index in [9.17, 15) is 0 Å². The highest BCUT2D eigenvalue weighted by Crippen LogP contribution is 2.46. The average molecular weight is 369 g/mol. The van der Waals surface area contributed by atoms with Crippen LogP contribution in [0.1, 0.15) is 24.3 Å². The van der Waals surface area contributed by atoms with Crippen LogP contribution in [0.2, 0.25) is 0 Å². The second kappa shape index (κ2) is 6.00. The first-order valence-corrected chi connectivity index (χ1v) is 10.3. The van der Waals surface area contributed by atoms with Gasteiger partial charge >= 0.3 is 0 Å². The summed E-state index contributed by atoms with van der Waals surface area (Å²) in [5.41, 5.74) is 5.63. The summed E-state index contributed by atoms with van der Waals surface area (Å²) in [6.07, 6.45) is 0. The molecule has 0 saturated heterocycles. The number of nitrogens with one attached hydrogen (secondary N) is 1. The maximum Gasteiger partial charge on any atom is 0.135 e. The van der Waals surface area contributed by atoms with Crippen molar-refractivity contribution in [3.8, 4) is 16.9 Å². The molecule has 1 N–H and O–H groups in total. The van der Waals surface area contributed by atoms with Crippen LogP contribution in [0.4, 0.5) is 11.4 Å². The first-order chi connectivity index (χ1) is 12.0. The second-order valence-corrected chi connectivity index (χ2v) is 8.92. The van der Waals surface area contributed by atoms with Gasteiger partial charge in [0.15, 0.2) is 0 Å². The zero-order chi connectivity index (χ0) is 17.6. The number of benzene rings is 2. The van der Waals surface area contributed by atoms with Crippen LogP contribution in [-0.4, -0.2) is 7.11 Å². The predicted molar refractivity (Wildman–Crippen MR) is 107 cm³/mol. The summed E-state index contributed by atoms with van der Waals surface area (Å²) in [6.45, 7) is 6.54. The van der Waals surface area contributed by atoms with Crippen molar-refractivity contribution in [2.24, 2.45) is 4.99 Å². The molecule has 0 bridgehead atoms. The Morgan fingerprint density at radius 3 is 2.68 bits per heavy atom. The first kappa shape index (κ1) is 16.4. The Bertz CT molecular complexity index is 1010. The number of rotatable bonds is 2. The van der Waals surface area contributed by atoms with Crippen LogP contribution in [0.3, 0.4) is 0 Å². The van der Waals surface area contributed by atoms with Crippen LogP contribution in [0.5, 0.6) is 5.75 Å². The summed E-state index contributed by atoms with van der Waals surface area (Å²) in [5, 5.41) is 3.65. The normalized spacial score (nSPS) is 15.3. The lowest BCUT2D eigenvalue weighted by Crippen LogP contribution is -2.31. The fourth-order valence-corrected chi connectivity index (χ4v) is 6.10. The fraction of sp³-hybridized carbons (Fsp3) is 0.250. The van der Waals surface area contributed by atoms with E-state index in [1.807, 2.05) is 6.07 Å². The molecule has 1 aliphatic heterocycles. The zero-order valence-corrected chi connectivity index (χ0v) is 16.3. The van der Waals surface area contributed by atoms with Gasteiger partial charge in [-0.15, -0.1) is 0 Å². The van der Waals surface area contributed by atoms with Gasteiger partial charge in [-0.05, 0) is 56.7 Å². The molecular formula is C20H20N2OS2. The molecule has 3 nitrogen and oxygen atoms in total. The molecule has 2 heterocycles. The summed E-state index contributed by atoms with van der Waals surface area (Å²) in [4.78, 5) is 6.28. The highest BCUT2D eigenvalue weighted by Gasteiger charge is 2.33. The van der Waals surface area contributed by atoms with Crippen molar-refractivity contribution in [2.75, 3.05) is 12.4 Å². The number of methoxy groups -OCH3 is 1. The van der Waals surface area contributed by atoms with Gasteiger partial charge in [0, 0.05) is 16.8 Å². The molecule has 0 atom stereocenters. The molecule has 3 aromatic rings. The topological polar surface area (TPSA) is 33.6 Å². The van der Waals surface area contributed by atoms with Crippen LogP contribution in [0, 0.1) is 6.92 Å². The highest BCUT2D eigenvalue weighted by atomic mass is 32.9. The van der Waals surface area contributed by atoms with Crippen molar-refractivity contribution in [3.63, 3.8) is 0 Å². The van der Waals surface area contributed by atoms with E-state index in [-0.39, 0.29) is 5.54 Å². The molecule has 1 aliphatic rings. The minimum absolute atomic E-state index is 0.113. The van der Waals surface area contributed by atoms with E-state index in [4.69, 9.17) is 9.73 Å². The number of aryl methyl sites for hydroxylation is 1. The summed E-state index contributed by atoms with van der Waals surface area (Å²) < 4.78 is 6.51. The number of anilines is 1. The minimum atomic E-state index is -0.113. The Morgan fingerprint density at radius 2 is 1.92 bits per heavy atom. The molecule has 0 unspecified atom stereocenters. The van der Waals surface area contributed by atoms with E-state index in [1.165, 1.54) is 16.0 Å². The molecule has 128 valence electrons. The van der Waals surface area contributed by atoms with Gasteiger partial charge in [0.25, 0.3) is 0 Å². The smallest absolute Gasteiger partial charge is 0.135 e. The van der Waals surface area contributed by atoms with E-state index in [2.05, 4.69) is 62.5 Å². The lowest BCUT2D eigenvalue weighted by atomic mass is 9.90. The molecule has 0 spiro atoms. The SMILES string of the molecule is COc1ccc2c(c1)-c1c(ssc1=Nc1cccc(C)c1)C(C)(C)N2. The maximum atomic E-state index is 5.45. The third-order valence-corrected chi connectivity index (χ3v) is 7.03. The molecule has 0 saturated carbocycles. The van der Waals surface area contributed by atoms with Gasteiger partial charge < -0.3 is 10.1 Å². The Hall–Kier alpha value is -2.11. The molecule has 25 heavy (non-hydrogen) atoms. The quantitative estimate of drug-likeness (QED) is 0.590. The molecule has 0 radical (unpaired) electrons. The summed E-state index contributed by atoms with van der Waals surface area (Å²) in [7, 11) is 5.25. The fourth-order valence-electron chi connectivity index (χ4n) is 3.16. The largest absolute Gasteiger partial charge is 0.497 e. The Kier molecular flexibility index (Phi) is 3.93. The first-order valence-electron chi connectivity index (χ1n) is 8.19. The number of hydrogen-bond acceptors (Lipinski definition) is 5. The molecule has 1 aromatic heterocycles. The zero-order valence-electron chi connectivity index (χ0n) is 14.7. The van der Waals surface area contributed by atoms with E-state index in [0.29, 0.717) is 0 Å². The molecule has 5 heteroatoms. The van der Waals surface area contributed by atoms with Gasteiger partial charge in [-0.25, -0.2) is 4.99 Å². The Morgan fingerprint density at radius 1 is 1.08 bits per heavy atom. The van der Waals surface area contributed by atoms with Gasteiger partial charge in [-0.3, -0.25) is 0 Å². The van der Waals surface area contributed by atoms with Crippen LogP contribution in [-0.2, 0) is 5.54 Å². The Labute approximate surface area is 155 Å².